The molecule has 7 nitrogen and oxygen atoms in total. The molecule has 1 heterocycles. The zero-order valence-electron chi connectivity index (χ0n) is 15.3. The SMILES string of the molecule is COCc1cc(=O)[nH]c2cc(NC(=O)c3ccc(OC)cc3OC)ccc12. The molecule has 0 spiro atoms. The highest BCUT2D eigenvalue weighted by Gasteiger charge is 2.14. The predicted octanol–water partition coefficient (Wildman–Crippen LogP) is 2.94. The van der Waals surface area contributed by atoms with Gasteiger partial charge in [-0.15, -0.1) is 0 Å². The number of pyridine rings is 1. The Hall–Kier alpha value is -3.32. The number of hydrogen-bond acceptors (Lipinski definition) is 5. The molecule has 0 unspecified atom stereocenters. The van der Waals surface area contributed by atoms with Crippen molar-refractivity contribution in [3.8, 4) is 11.5 Å². The lowest BCUT2D eigenvalue weighted by Gasteiger charge is -2.12. The molecule has 0 saturated carbocycles. The van der Waals surface area contributed by atoms with Crippen LogP contribution in [0.3, 0.4) is 0 Å². The van der Waals surface area contributed by atoms with Gasteiger partial charge in [-0.05, 0) is 29.8 Å². The van der Waals surface area contributed by atoms with Crippen molar-refractivity contribution in [2.24, 2.45) is 0 Å². The maximum absolute atomic E-state index is 12.6. The first-order valence-electron chi connectivity index (χ1n) is 8.24. The Bertz CT molecular complexity index is 1040. The van der Waals surface area contributed by atoms with Gasteiger partial charge in [0.2, 0.25) is 5.56 Å². The largest absolute Gasteiger partial charge is 0.497 e. The van der Waals surface area contributed by atoms with Crippen molar-refractivity contribution in [1.82, 2.24) is 4.98 Å². The van der Waals surface area contributed by atoms with Crippen molar-refractivity contribution in [2.45, 2.75) is 6.61 Å². The number of carbonyl (C=O) groups excluding carboxylic acids is 1. The lowest BCUT2D eigenvalue weighted by atomic mass is 10.1. The summed E-state index contributed by atoms with van der Waals surface area (Å²) in [6, 6.07) is 11.8. The van der Waals surface area contributed by atoms with Gasteiger partial charge in [-0.3, -0.25) is 9.59 Å². The summed E-state index contributed by atoms with van der Waals surface area (Å²) in [5, 5.41) is 3.68. The van der Waals surface area contributed by atoms with Crippen molar-refractivity contribution in [3.05, 3.63) is 63.9 Å². The van der Waals surface area contributed by atoms with E-state index in [-0.39, 0.29) is 11.5 Å². The minimum absolute atomic E-state index is 0.227. The minimum atomic E-state index is -0.329. The third kappa shape index (κ3) is 3.93. The van der Waals surface area contributed by atoms with Gasteiger partial charge in [-0.25, -0.2) is 0 Å². The number of benzene rings is 2. The number of aromatic amines is 1. The molecule has 3 aromatic rings. The number of anilines is 1. The number of carbonyl (C=O) groups is 1. The summed E-state index contributed by atoms with van der Waals surface area (Å²) in [5.41, 5.74) is 2.10. The molecule has 0 saturated heterocycles. The molecule has 27 heavy (non-hydrogen) atoms. The molecule has 0 radical (unpaired) electrons. The number of ether oxygens (including phenoxy) is 3. The van der Waals surface area contributed by atoms with E-state index in [9.17, 15) is 9.59 Å². The van der Waals surface area contributed by atoms with E-state index in [0.717, 1.165) is 10.9 Å². The number of methoxy groups -OCH3 is 3. The van der Waals surface area contributed by atoms with Crippen molar-refractivity contribution >= 4 is 22.5 Å². The monoisotopic (exact) mass is 368 g/mol. The molecule has 2 N–H and O–H groups in total. The fourth-order valence-electron chi connectivity index (χ4n) is 2.87. The van der Waals surface area contributed by atoms with Crippen LogP contribution in [-0.2, 0) is 11.3 Å². The Kier molecular flexibility index (Phi) is 5.42. The van der Waals surface area contributed by atoms with Crippen LogP contribution in [-0.4, -0.2) is 32.2 Å². The molecule has 140 valence electrons. The Labute approximate surface area is 155 Å². The molecule has 1 amide bonds. The number of hydrogen-bond donors (Lipinski definition) is 2. The van der Waals surface area contributed by atoms with Crippen LogP contribution in [0.1, 0.15) is 15.9 Å². The highest BCUT2D eigenvalue weighted by molar-refractivity contribution is 6.07. The zero-order valence-corrected chi connectivity index (χ0v) is 15.3. The van der Waals surface area contributed by atoms with Gasteiger partial charge in [-0.1, -0.05) is 6.07 Å². The van der Waals surface area contributed by atoms with Crippen molar-refractivity contribution in [2.75, 3.05) is 26.6 Å². The average molecular weight is 368 g/mol. The van der Waals surface area contributed by atoms with E-state index < -0.39 is 0 Å². The normalized spacial score (nSPS) is 10.6. The van der Waals surface area contributed by atoms with Crippen molar-refractivity contribution < 1.29 is 19.0 Å². The minimum Gasteiger partial charge on any atom is -0.497 e. The summed E-state index contributed by atoms with van der Waals surface area (Å²) in [6.07, 6.45) is 0. The van der Waals surface area contributed by atoms with Crippen LogP contribution in [0, 0.1) is 0 Å². The van der Waals surface area contributed by atoms with Gasteiger partial charge in [0.05, 0.1) is 31.9 Å². The smallest absolute Gasteiger partial charge is 0.259 e. The third-order valence-electron chi connectivity index (χ3n) is 4.14. The molecule has 2 aromatic carbocycles. The molecule has 0 aliphatic heterocycles. The molecule has 1 aromatic heterocycles. The van der Waals surface area contributed by atoms with Gasteiger partial charge < -0.3 is 24.5 Å². The van der Waals surface area contributed by atoms with Crippen LogP contribution in [0.25, 0.3) is 10.9 Å². The second-order valence-electron chi connectivity index (χ2n) is 5.87. The first-order chi connectivity index (χ1) is 13.0. The topological polar surface area (TPSA) is 89.7 Å². The van der Waals surface area contributed by atoms with Crippen LogP contribution >= 0.6 is 0 Å². The van der Waals surface area contributed by atoms with Crippen LogP contribution in [0.15, 0.2) is 47.3 Å². The third-order valence-corrected chi connectivity index (χ3v) is 4.14. The molecule has 0 aliphatic rings. The van der Waals surface area contributed by atoms with E-state index in [0.29, 0.717) is 34.9 Å². The molecule has 0 fully saturated rings. The van der Waals surface area contributed by atoms with E-state index in [1.54, 1.807) is 44.6 Å². The van der Waals surface area contributed by atoms with Gasteiger partial charge >= 0.3 is 0 Å². The summed E-state index contributed by atoms with van der Waals surface area (Å²) in [4.78, 5) is 27.3. The van der Waals surface area contributed by atoms with Gasteiger partial charge in [0, 0.05) is 30.3 Å². The van der Waals surface area contributed by atoms with E-state index in [1.165, 1.54) is 13.2 Å². The zero-order chi connectivity index (χ0) is 19.4. The lowest BCUT2D eigenvalue weighted by Crippen LogP contribution is -2.14. The first kappa shape index (κ1) is 18.5. The fraction of sp³-hybridized carbons (Fsp3) is 0.200. The van der Waals surface area contributed by atoms with Crippen molar-refractivity contribution in [1.29, 1.82) is 0 Å². The van der Waals surface area contributed by atoms with Crippen LogP contribution in [0.4, 0.5) is 5.69 Å². The molecule has 0 bridgehead atoms. The molecule has 0 atom stereocenters. The van der Waals surface area contributed by atoms with E-state index in [1.807, 2.05) is 6.07 Å². The second kappa shape index (κ2) is 7.92. The number of amides is 1. The Morgan fingerprint density at radius 3 is 2.56 bits per heavy atom. The van der Waals surface area contributed by atoms with Gasteiger partial charge in [0.25, 0.3) is 5.91 Å². The number of nitrogens with one attached hydrogen (secondary N) is 2. The van der Waals surface area contributed by atoms with Gasteiger partial charge in [0.15, 0.2) is 0 Å². The van der Waals surface area contributed by atoms with Gasteiger partial charge in [-0.2, -0.15) is 0 Å². The maximum atomic E-state index is 12.6. The molecule has 0 aliphatic carbocycles. The summed E-state index contributed by atoms with van der Waals surface area (Å²) in [6.45, 7) is 0.329. The maximum Gasteiger partial charge on any atom is 0.259 e. The van der Waals surface area contributed by atoms with E-state index >= 15 is 0 Å². The summed E-state index contributed by atoms with van der Waals surface area (Å²) >= 11 is 0. The molecular formula is C20H20N2O5. The average Bonchev–Trinajstić information content (AvgIpc) is 2.67. The fourth-order valence-corrected chi connectivity index (χ4v) is 2.87. The number of H-pyrrole nitrogens is 1. The summed E-state index contributed by atoms with van der Waals surface area (Å²) in [5.74, 6) is 0.671. The molecule has 7 heteroatoms. The Balaban J connectivity index is 1.93. The predicted molar refractivity (Wildman–Crippen MR) is 103 cm³/mol. The first-order valence-corrected chi connectivity index (χ1v) is 8.24. The summed E-state index contributed by atoms with van der Waals surface area (Å²) < 4.78 is 15.6. The molecule has 3 rings (SSSR count). The quantitative estimate of drug-likeness (QED) is 0.698. The number of fused-ring (bicyclic) bond motifs is 1. The second-order valence-corrected chi connectivity index (χ2v) is 5.87. The Morgan fingerprint density at radius 1 is 1.04 bits per heavy atom. The Morgan fingerprint density at radius 2 is 1.85 bits per heavy atom. The van der Waals surface area contributed by atoms with Crippen molar-refractivity contribution in [3.63, 3.8) is 0 Å². The number of aromatic nitrogens is 1. The van der Waals surface area contributed by atoms with Crippen LogP contribution in [0.5, 0.6) is 11.5 Å². The molecular weight excluding hydrogens is 348 g/mol. The van der Waals surface area contributed by atoms with Gasteiger partial charge in [0.1, 0.15) is 11.5 Å². The highest BCUT2D eigenvalue weighted by Crippen LogP contribution is 2.26. The van der Waals surface area contributed by atoms with Crippen LogP contribution < -0.4 is 20.3 Å². The number of rotatable bonds is 6. The van der Waals surface area contributed by atoms with E-state index in [4.69, 9.17) is 14.2 Å². The van der Waals surface area contributed by atoms with Crippen LogP contribution in [0.2, 0.25) is 0 Å². The lowest BCUT2D eigenvalue weighted by molar-refractivity contribution is 0.102. The highest BCUT2D eigenvalue weighted by atomic mass is 16.5. The standard InChI is InChI=1S/C20H20N2O5/c1-25-11-12-8-19(23)22-17-9-13(4-6-15(12)17)21-20(24)16-7-5-14(26-2)10-18(16)27-3/h4-10H,11H2,1-3H3,(H,21,24)(H,22,23). The van der Waals surface area contributed by atoms with E-state index in [2.05, 4.69) is 10.3 Å². The summed E-state index contributed by atoms with van der Waals surface area (Å²) in [7, 11) is 4.61.